The largest absolute Gasteiger partial charge is 0.368 e. The molecule has 35 heavy (non-hydrogen) atoms. The number of urea groups is 1. The summed E-state index contributed by atoms with van der Waals surface area (Å²) in [7, 11) is 0. The van der Waals surface area contributed by atoms with Crippen LogP contribution in [-0.4, -0.2) is 59.0 Å². The highest BCUT2D eigenvalue weighted by Crippen LogP contribution is 2.49. The highest BCUT2D eigenvalue weighted by Gasteiger charge is 2.64. The summed E-state index contributed by atoms with van der Waals surface area (Å²) >= 11 is 0. The van der Waals surface area contributed by atoms with E-state index in [1.54, 1.807) is 26.0 Å². The van der Waals surface area contributed by atoms with E-state index < -0.39 is 59.3 Å². The zero-order chi connectivity index (χ0) is 25.4. The van der Waals surface area contributed by atoms with Gasteiger partial charge >= 0.3 is 6.03 Å². The summed E-state index contributed by atoms with van der Waals surface area (Å²) in [5, 5.41) is 11.4. The van der Waals surface area contributed by atoms with Crippen LogP contribution in [0.15, 0.2) is 16.7 Å². The lowest BCUT2D eigenvalue weighted by Gasteiger charge is -2.56. The predicted molar refractivity (Wildman–Crippen MR) is 120 cm³/mol. The minimum absolute atomic E-state index is 0.0298. The zero-order valence-corrected chi connectivity index (χ0v) is 19.9. The molecule has 3 aliphatic heterocycles. The molecule has 0 radical (unpaired) electrons. The Balaban J connectivity index is 1.71. The lowest BCUT2D eigenvalue weighted by atomic mass is 9.66. The minimum Gasteiger partial charge on any atom is -0.368 e. The second-order valence-electron chi connectivity index (χ2n) is 10.4. The maximum atomic E-state index is 15.7. The van der Waals surface area contributed by atoms with Gasteiger partial charge in [-0.3, -0.25) is 25.0 Å². The van der Waals surface area contributed by atoms with Crippen molar-refractivity contribution in [3.8, 4) is 0 Å². The number of morpholine rings is 1. The first-order valence-corrected chi connectivity index (χ1v) is 11.3. The second kappa shape index (κ2) is 7.48. The lowest BCUT2D eigenvalue weighted by Crippen LogP contribution is -2.76. The number of barbiturate groups is 1. The van der Waals surface area contributed by atoms with Gasteiger partial charge in [0.1, 0.15) is 6.10 Å². The van der Waals surface area contributed by atoms with Crippen LogP contribution in [0.4, 0.5) is 14.9 Å². The molecule has 4 heterocycles. The number of imide groups is 2. The van der Waals surface area contributed by atoms with Crippen molar-refractivity contribution in [2.75, 3.05) is 4.90 Å². The van der Waals surface area contributed by atoms with Gasteiger partial charge < -0.3 is 19.5 Å². The monoisotopic (exact) mass is 487 g/mol. The summed E-state index contributed by atoms with van der Waals surface area (Å²) in [5.41, 5.74) is -1.25. The van der Waals surface area contributed by atoms with Crippen LogP contribution in [-0.2, 0) is 20.7 Å². The Hall–Kier alpha value is -3.54. The van der Waals surface area contributed by atoms with Crippen LogP contribution in [0.2, 0.25) is 0 Å². The first-order valence-electron chi connectivity index (χ1n) is 11.3. The van der Waals surface area contributed by atoms with E-state index in [9.17, 15) is 19.2 Å². The Bertz CT molecular complexity index is 1260. The maximum absolute atomic E-state index is 15.7. The number of nitrogens with one attached hydrogen (secondary N) is 3. The molecule has 11 nitrogen and oxygen atoms in total. The van der Waals surface area contributed by atoms with Crippen molar-refractivity contribution >= 4 is 40.4 Å². The van der Waals surface area contributed by atoms with Gasteiger partial charge in [0.2, 0.25) is 11.8 Å². The summed E-state index contributed by atoms with van der Waals surface area (Å²) in [4.78, 5) is 52.5. The van der Waals surface area contributed by atoms with Gasteiger partial charge in [0.25, 0.3) is 5.91 Å². The zero-order valence-electron chi connectivity index (χ0n) is 19.9. The van der Waals surface area contributed by atoms with Gasteiger partial charge in [0.15, 0.2) is 23.0 Å². The average molecular weight is 487 g/mol. The number of carbonyl (C=O) groups excluding carboxylic acids is 4. The Morgan fingerprint density at radius 1 is 1.17 bits per heavy atom. The molecule has 1 aromatic carbocycles. The summed E-state index contributed by atoms with van der Waals surface area (Å²) in [6, 6.07) is 1.17. The van der Waals surface area contributed by atoms with E-state index >= 15 is 4.39 Å². The topological polar surface area (TPSA) is 143 Å². The molecule has 2 aromatic rings. The van der Waals surface area contributed by atoms with Crippen LogP contribution in [0.5, 0.6) is 0 Å². The summed E-state index contributed by atoms with van der Waals surface area (Å²) in [6.07, 6.45) is -3.44. The van der Waals surface area contributed by atoms with Gasteiger partial charge in [-0.15, -0.1) is 0 Å². The molecule has 4 unspecified atom stereocenters. The molecule has 0 saturated carbocycles. The number of alkyl halides is 1. The molecule has 1 spiro atoms. The van der Waals surface area contributed by atoms with E-state index in [0.29, 0.717) is 16.6 Å². The Labute approximate surface area is 199 Å². The number of ether oxygens (including phenoxy) is 1. The molecule has 1 aromatic heterocycles. The summed E-state index contributed by atoms with van der Waals surface area (Å²) in [6.45, 7) is 8.69. The number of carbonyl (C=O) groups is 4. The van der Waals surface area contributed by atoms with Gasteiger partial charge in [0, 0.05) is 17.3 Å². The maximum Gasteiger partial charge on any atom is 0.328 e. The SMILES string of the molecule is CC1OC(C)C2N(c3cc4onc(C(=O)NC(C)(C)C)c4cc3CC23C(=O)NC(=O)NC3=O)C1F. The van der Waals surface area contributed by atoms with Crippen molar-refractivity contribution in [1.82, 2.24) is 21.1 Å². The smallest absolute Gasteiger partial charge is 0.328 e. The Morgan fingerprint density at radius 2 is 1.83 bits per heavy atom. The predicted octanol–water partition coefficient (Wildman–Crippen LogP) is 1.54. The van der Waals surface area contributed by atoms with Crippen molar-refractivity contribution < 1.29 is 32.8 Å². The number of benzene rings is 1. The van der Waals surface area contributed by atoms with Crippen LogP contribution >= 0.6 is 0 Å². The first-order chi connectivity index (χ1) is 16.3. The van der Waals surface area contributed by atoms with Crippen LogP contribution in [0.1, 0.15) is 50.7 Å². The number of amides is 5. The van der Waals surface area contributed by atoms with E-state index in [0.717, 1.165) is 0 Å². The minimum atomic E-state index is -1.84. The van der Waals surface area contributed by atoms with Gasteiger partial charge in [-0.2, -0.15) is 0 Å². The molecule has 12 heteroatoms. The van der Waals surface area contributed by atoms with Gasteiger partial charge in [-0.25, -0.2) is 9.18 Å². The molecule has 5 amide bonds. The fraction of sp³-hybridized carbons (Fsp3) is 0.522. The summed E-state index contributed by atoms with van der Waals surface area (Å²) in [5.74, 6) is -2.13. The second-order valence-corrected chi connectivity index (χ2v) is 10.4. The van der Waals surface area contributed by atoms with Crippen molar-refractivity contribution in [2.45, 2.75) is 71.1 Å². The third-order valence-corrected chi connectivity index (χ3v) is 6.72. The molecule has 2 fully saturated rings. The van der Waals surface area contributed by atoms with Crippen molar-refractivity contribution in [3.63, 3.8) is 0 Å². The number of halogens is 1. The third-order valence-electron chi connectivity index (χ3n) is 6.72. The fourth-order valence-corrected chi connectivity index (χ4v) is 5.37. The number of anilines is 1. The molecule has 2 saturated heterocycles. The standard InChI is InChI=1S/C23H26FN5O6/c1-9-16-23(19(31)25-21(33)26-20(23)32)8-11-6-12-14(7-13(11)29(16)17(24)10(2)34-9)35-28-15(12)18(30)27-22(3,4)5/h6-7,9-10,16-17H,8H2,1-5H3,(H,27,30)(H2,25,26,31,32,33). The number of rotatable bonds is 1. The fourth-order valence-electron chi connectivity index (χ4n) is 5.37. The first kappa shape index (κ1) is 23.2. The Kier molecular flexibility index (Phi) is 4.96. The lowest BCUT2D eigenvalue weighted by molar-refractivity contribution is -0.159. The number of hydrogen-bond acceptors (Lipinski definition) is 8. The van der Waals surface area contributed by atoms with E-state index in [4.69, 9.17) is 9.26 Å². The van der Waals surface area contributed by atoms with Crippen LogP contribution < -0.4 is 20.9 Å². The molecule has 3 aliphatic rings. The van der Waals surface area contributed by atoms with Gasteiger partial charge in [-0.05, 0) is 52.7 Å². The Morgan fingerprint density at radius 3 is 2.46 bits per heavy atom. The highest BCUT2D eigenvalue weighted by molar-refractivity contribution is 6.20. The molecule has 3 N–H and O–H groups in total. The number of hydrogen-bond donors (Lipinski definition) is 3. The van der Waals surface area contributed by atoms with E-state index in [2.05, 4.69) is 21.1 Å². The van der Waals surface area contributed by atoms with Gasteiger partial charge in [-0.1, -0.05) is 5.16 Å². The van der Waals surface area contributed by atoms with Crippen LogP contribution in [0.3, 0.4) is 0 Å². The molecule has 0 aliphatic carbocycles. The van der Waals surface area contributed by atoms with Crippen LogP contribution in [0.25, 0.3) is 11.0 Å². The number of nitrogens with zero attached hydrogens (tertiary/aromatic N) is 2. The normalized spacial score (nSPS) is 27.8. The highest BCUT2D eigenvalue weighted by atomic mass is 19.1. The van der Waals surface area contributed by atoms with E-state index in [1.165, 1.54) is 4.90 Å². The molecular weight excluding hydrogens is 461 g/mol. The van der Waals surface area contributed by atoms with Gasteiger partial charge in [0.05, 0.1) is 17.5 Å². The molecule has 0 bridgehead atoms. The van der Waals surface area contributed by atoms with Crippen molar-refractivity contribution in [1.29, 1.82) is 0 Å². The molecular formula is C23H26FN5O6. The average Bonchev–Trinajstić information content (AvgIpc) is 3.15. The molecule has 4 atom stereocenters. The van der Waals surface area contributed by atoms with Crippen molar-refractivity contribution in [2.24, 2.45) is 5.41 Å². The third kappa shape index (κ3) is 3.38. The van der Waals surface area contributed by atoms with Crippen LogP contribution in [0, 0.1) is 5.41 Å². The number of aromatic nitrogens is 1. The summed E-state index contributed by atoms with van der Waals surface area (Å²) < 4.78 is 26.9. The van der Waals surface area contributed by atoms with Crippen molar-refractivity contribution in [3.05, 3.63) is 23.4 Å². The molecule has 5 rings (SSSR count). The van der Waals surface area contributed by atoms with E-state index in [-0.39, 0.29) is 17.7 Å². The quantitative estimate of drug-likeness (QED) is 0.406. The number of fused-ring (bicyclic) bond motifs is 5. The van der Waals surface area contributed by atoms with E-state index in [1.807, 2.05) is 20.8 Å². The molecule has 186 valence electrons.